The molecule has 1 N–H and O–H groups in total. The first-order chi connectivity index (χ1) is 17.0. The number of carbonyl (C=O) groups excluding carboxylic acids is 2. The number of alkyl halides is 3. The normalized spacial score (nSPS) is 31.4. The molecule has 7 nitrogen and oxygen atoms in total. The van der Waals surface area contributed by atoms with Gasteiger partial charge in [0.1, 0.15) is 11.6 Å². The summed E-state index contributed by atoms with van der Waals surface area (Å²) in [6, 6.07) is 1.41. The van der Waals surface area contributed by atoms with E-state index in [1.807, 2.05) is 10.9 Å². The van der Waals surface area contributed by atoms with Crippen molar-refractivity contribution in [1.29, 1.82) is 0 Å². The highest BCUT2D eigenvalue weighted by Crippen LogP contribution is 2.79. The largest absolute Gasteiger partial charge is 0.394 e. The summed E-state index contributed by atoms with van der Waals surface area (Å²) in [6.45, 7) is 1.77. The van der Waals surface area contributed by atoms with Gasteiger partial charge in [-0.15, -0.1) is 0 Å². The lowest BCUT2D eigenvalue weighted by molar-refractivity contribution is -0.346. The molecule has 2 aromatic rings. The summed E-state index contributed by atoms with van der Waals surface area (Å²) in [5, 5.41) is 7.06. The maximum absolute atomic E-state index is 14.4. The first kappa shape index (κ1) is 23.6. The number of ketones is 1. The molecule has 36 heavy (non-hydrogen) atoms. The van der Waals surface area contributed by atoms with Crippen molar-refractivity contribution in [2.45, 2.75) is 70.2 Å². The molecule has 2 atom stereocenters. The highest BCUT2D eigenvalue weighted by Gasteiger charge is 2.80. The third-order valence-corrected chi connectivity index (χ3v) is 8.32. The van der Waals surface area contributed by atoms with Gasteiger partial charge in [0.05, 0.1) is 35.0 Å². The van der Waals surface area contributed by atoms with E-state index in [4.69, 9.17) is 4.74 Å². The third-order valence-electron chi connectivity index (χ3n) is 8.32. The Kier molecular flexibility index (Phi) is 5.13. The Morgan fingerprint density at radius 1 is 1.19 bits per heavy atom. The molecule has 2 unspecified atom stereocenters. The van der Waals surface area contributed by atoms with E-state index in [1.165, 1.54) is 6.92 Å². The van der Waals surface area contributed by atoms with Crippen LogP contribution >= 0.6 is 0 Å². The zero-order valence-electron chi connectivity index (χ0n) is 19.7. The van der Waals surface area contributed by atoms with E-state index in [-0.39, 0.29) is 48.3 Å². The number of amides is 1. The van der Waals surface area contributed by atoms with E-state index in [0.29, 0.717) is 25.5 Å². The fourth-order valence-corrected chi connectivity index (χ4v) is 6.01. The van der Waals surface area contributed by atoms with E-state index in [2.05, 4.69) is 15.4 Å². The van der Waals surface area contributed by atoms with E-state index in [1.54, 1.807) is 6.20 Å². The number of nitrogens with one attached hydrogen (secondary N) is 1. The maximum atomic E-state index is 14.4. The molecule has 11 heteroatoms. The number of aryl methyl sites for hydroxylation is 1. The second-order valence-electron chi connectivity index (χ2n) is 10.9. The lowest BCUT2D eigenvalue weighted by Crippen LogP contribution is -2.70. The van der Waals surface area contributed by atoms with E-state index in [9.17, 15) is 27.2 Å². The topological polar surface area (TPSA) is 86.1 Å². The van der Waals surface area contributed by atoms with Gasteiger partial charge >= 0.3 is 6.18 Å². The molecule has 7 rings (SSSR count). The number of hydrogen-bond acceptors (Lipinski definition) is 5. The Morgan fingerprint density at radius 2 is 1.92 bits per heavy atom. The fourth-order valence-electron chi connectivity index (χ4n) is 6.01. The van der Waals surface area contributed by atoms with Crippen LogP contribution in [0.15, 0.2) is 18.5 Å². The molecule has 0 aromatic carbocycles. The summed E-state index contributed by atoms with van der Waals surface area (Å²) in [4.78, 5) is 30.5. The minimum Gasteiger partial charge on any atom is -0.373 e. The van der Waals surface area contributed by atoms with Crippen LogP contribution in [-0.4, -0.2) is 39.2 Å². The van der Waals surface area contributed by atoms with Crippen molar-refractivity contribution in [3.8, 4) is 0 Å². The molecule has 5 fully saturated rings. The number of halogens is 4. The van der Waals surface area contributed by atoms with Gasteiger partial charge in [-0.05, 0) is 57.9 Å². The monoisotopic (exact) mass is 506 g/mol. The smallest absolute Gasteiger partial charge is 0.373 e. The summed E-state index contributed by atoms with van der Waals surface area (Å²) in [6.07, 6.45) is 1.18. The minimum atomic E-state index is -4.36. The van der Waals surface area contributed by atoms with Crippen molar-refractivity contribution in [3.63, 3.8) is 0 Å². The highest BCUT2D eigenvalue weighted by molar-refractivity contribution is 6.08. The van der Waals surface area contributed by atoms with Gasteiger partial charge in [-0.2, -0.15) is 18.3 Å². The Hall–Kier alpha value is -2.82. The Bertz CT molecular complexity index is 1230. The van der Waals surface area contributed by atoms with Crippen molar-refractivity contribution < 1.29 is 31.9 Å². The number of aromatic nitrogens is 3. The van der Waals surface area contributed by atoms with Crippen molar-refractivity contribution >= 4 is 17.5 Å². The molecule has 0 spiro atoms. The number of hydrogen-bond donors (Lipinski definition) is 1. The van der Waals surface area contributed by atoms with Gasteiger partial charge < -0.3 is 10.1 Å². The van der Waals surface area contributed by atoms with Gasteiger partial charge in [-0.1, -0.05) is 0 Å². The van der Waals surface area contributed by atoms with Gasteiger partial charge in [0, 0.05) is 29.7 Å². The number of carbonyl (C=O) groups is 2. The van der Waals surface area contributed by atoms with Crippen LogP contribution in [0.5, 0.6) is 0 Å². The molecule has 4 saturated carbocycles. The highest BCUT2D eigenvalue weighted by atomic mass is 19.4. The number of anilines is 1. The number of rotatable bonds is 6. The molecule has 3 heterocycles. The average molecular weight is 507 g/mol. The van der Waals surface area contributed by atoms with Gasteiger partial charge in [0.15, 0.2) is 5.78 Å². The van der Waals surface area contributed by atoms with Crippen molar-refractivity contribution in [3.05, 3.63) is 41.1 Å². The first-order valence-corrected chi connectivity index (χ1v) is 12.3. The maximum Gasteiger partial charge on any atom is 0.394 e. The lowest BCUT2D eigenvalue weighted by Gasteiger charge is -2.69. The summed E-state index contributed by atoms with van der Waals surface area (Å²) >= 11 is 0. The second-order valence-corrected chi connectivity index (χ2v) is 10.9. The molecule has 0 radical (unpaired) electrons. The predicted octanol–water partition coefficient (Wildman–Crippen LogP) is 5.08. The lowest BCUT2D eigenvalue weighted by atomic mass is 9.33. The van der Waals surface area contributed by atoms with Crippen molar-refractivity contribution in [2.75, 3.05) is 11.9 Å². The number of ether oxygens (including phenoxy) is 1. The Labute approximate surface area is 204 Å². The van der Waals surface area contributed by atoms with Crippen molar-refractivity contribution in [2.24, 2.45) is 16.7 Å². The molecule has 2 aromatic heterocycles. The van der Waals surface area contributed by atoms with Gasteiger partial charge in [-0.25, -0.2) is 9.37 Å². The number of nitrogens with zero attached hydrogens (tertiary/aromatic N) is 3. The minimum absolute atomic E-state index is 0.0106. The van der Waals surface area contributed by atoms with Crippen LogP contribution in [0.1, 0.15) is 78.7 Å². The SMILES string of the molecule is Cc1nc(NC(=O)C2CCOC(c3cnn(C4CC4)c3)C2)c(C(=O)C23CC(C(F)(F)F)(C2)C3)cc1F. The van der Waals surface area contributed by atoms with E-state index in [0.717, 1.165) is 24.5 Å². The average Bonchev–Trinajstić information content (AvgIpc) is 3.49. The Morgan fingerprint density at radius 3 is 2.58 bits per heavy atom. The molecule has 4 aliphatic carbocycles. The van der Waals surface area contributed by atoms with Crippen molar-refractivity contribution in [1.82, 2.24) is 14.8 Å². The summed E-state index contributed by atoms with van der Waals surface area (Å²) in [5.41, 5.74) is -2.26. The zero-order valence-corrected chi connectivity index (χ0v) is 19.7. The van der Waals surface area contributed by atoms with Crippen LogP contribution in [0, 0.1) is 29.5 Å². The van der Waals surface area contributed by atoms with E-state index >= 15 is 0 Å². The Balaban J connectivity index is 1.18. The molecule has 2 bridgehead atoms. The fraction of sp³-hybridized carbons (Fsp3) is 0.600. The van der Waals surface area contributed by atoms with Gasteiger partial charge in [-0.3, -0.25) is 14.3 Å². The molecule has 1 aliphatic heterocycles. The number of pyridine rings is 1. The van der Waals surface area contributed by atoms with Crippen LogP contribution in [-0.2, 0) is 9.53 Å². The quantitative estimate of drug-likeness (QED) is 0.436. The summed E-state index contributed by atoms with van der Waals surface area (Å²) in [5.74, 6) is -2.25. The van der Waals surface area contributed by atoms with Gasteiger partial charge in [0.25, 0.3) is 0 Å². The summed E-state index contributed by atoms with van der Waals surface area (Å²) < 4.78 is 62.0. The molecule has 1 saturated heterocycles. The van der Waals surface area contributed by atoms with Crippen LogP contribution in [0.3, 0.4) is 0 Å². The van der Waals surface area contributed by atoms with Crippen LogP contribution in [0.4, 0.5) is 23.4 Å². The summed E-state index contributed by atoms with van der Waals surface area (Å²) in [7, 11) is 0. The standard InChI is InChI=1S/C25H26F4N4O3/c1-13-18(26)7-17(20(34)23-10-24(11-23,12-23)25(27,28)29)21(31-13)32-22(35)14-4-5-36-19(6-14)15-8-30-33(9-15)16-2-3-16/h7-9,14,16,19H,2-6,10-12H2,1H3,(H,31,32,35). The first-order valence-electron chi connectivity index (χ1n) is 12.3. The molecule has 1 amide bonds. The second kappa shape index (κ2) is 7.84. The predicted molar refractivity (Wildman–Crippen MR) is 119 cm³/mol. The molecule has 192 valence electrons. The zero-order chi connectivity index (χ0) is 25.5. The van der Waals surface area contributed by atoms with E-state index < -0.39 is 34.5 Å². The third kappa shape index (κ3) is 3.65. The van der Waals surface area contributed by atoms with Crippen LogP contribution < -0.4 is 5.32 Å². The van der Waals surface area contributed by atoms with Gasteiger partial charge in [0.2, 0.25) is 5.91 Å². The van der Waals surface area contributed by atoms with Crippen LogP contribution in [0.25, 0.3) is 0 Å². The molecular weight excluding hydrogens is 480 g/mol. The van der Waals surface area contributed by atoms with Crippen LogP contribution in [0.2, 0.25) is 0 Å². The molecular formula is C25H26F4N4O3. The molecule has 5 aliphatic rings. The number of Topliss-reactive ketones (excluding diaryl/α,β-unsaturated/α-hetero) is 1.